The zero-order valence-electron chi connectivity index (χ0n) is 12.8. The third-order valence-electron chi connectivity index (χ3n) is 3.72. The summed E-state index contributed by atoms with van der Waals surface area (Å²) in [6, 6.07) is 12.6. The van der Waals surface area contributed by atoms with Crippen molar-refractivity contribution in [2.45, 2.75) is 6.04 Å². The highest BCUT2D eigenvalue weighted by molar-refractivity contribution is 6.07. The minimum absolute atomic E-state index is 0.106. The molecule has 25 heavy (non-hydrogen) atoms. The number of carboxylic acid groups (broad SMARTS) is 1. The average molecular weight is 339 g/mol. The number of para-hydroxylation sites is 1. The Morgan fingerprint density at radius 1 is 1.12 bits per heavy atom. The normalized spacial score (nSPS) is 11.8. The Hall–Kier alpha value is -3.68. The van der Waals surface area contributed by atoms with Gasteiger partial charge < -0.3 is 15.0 Å². The quantitative estimate of drug-likeness (QED) is 0.421. The molecule has 126 valence electrons. The molecule has 8 heteroatoms. The van der Waals surface area contributed by atoms with Gasteiger partial charge in [0.05, 0.1) is 4.92 Å². The van der Waals surface area contributed by atoms with Crippen molar-refractivity contribution in [1.82, 2.24) is 4.57 Å². The molecule has 0 spiro atoms. The third kappa shape index (κ3) is 3.18. The molecule has 1 unspecified atom stereocenters. The maximum atomic E-state index is 12.5. The molecule has 0 radical (unpaired) electrons. The Labute approximate surface area is 141 Å². The van der Waals surface area contributed by atoms with Gasteiger partial charge in [0.1, 0.15) is 0 Å². The van der Waals surface area contributed by atoms with E-state index in [1.54, 1.807) is 30.3 Å². The van der Waals surface area contributed by atoms with Crippen LogP contribution in [0.3, 0.4) is 0 Å². The lowest BCUT2D eigenvalue weighted by atomic mass is 10.2. The Morgan fingerprint density at radius 3 is 2.48 bits per heavy atom. The molecule has 3 rings (SSSR count). The molecule has 0 saturated heterocycles. The number of fused-ring (bicyclic) bond motifs is 1. The predicted octanol–water partition coefficient (Wildman–Crippen LogP) is 2.81. The Bertz CT molecular complexity index is 965. The molecule has 8 nitrogen and oxygen atoms in total. The molecular weight excluding hydrogens is 326 g/mol. The van der Waals surface area contributed by atoms with E-state index in [0.717, 1.165) is 0 Å². The van der Waals surface area contributed by atoms with Crippen molar-refractivity contribution in [2.24, 2.45) is 0 Å². The second-order valence-corrected chi connectivity index (χ2v) is 5.32. The number of nitro groups is 1. The van der Waals surface area contributed by atoms with Crippen LogP contribution in [0.15, 0.2) is 60.8 Å². The summed E-state index contributed by atoms with van der Waals surface area (Å²) >= 11 is 0. The molecule has 1 amide bonds. The fourth-order valence-electron chi connectivity index (χ4n) is 2.58. The van der Waals surface area contributed by atoms with Gasteiger partial charge in [-0.2, -0.15) is 0 Å². The van der Waals surface area contributed by atoms with Crippen molar-refractivity contribution >= 4 is 34.2 Å². The monoisotopic (exact) mass is 339 g/mol. The van der Waals surface area contributed by atoms with Gasteiger partial charge in [0.2, 0.25) is 6.04 Å². The van der Waals surface area contributed by atoms with Crippen molar-refractivity contribution < 1.29 is 19.6 Å². The number of non-ortho nitro benzene ring substituents is 1. The summed E-state index contributed by atoms with van der Waals surface area (Å²) in [5, 5.41) is 23.4. The molecule has 0 saturated carbocycles. The van der Waals surface area contributed by atoms with E-state index in [1.165, 1.54) is 35.0 Å². The number of nitro benzene ring substituents is 1. The van der Waals surface area contributed by atoms with Crippen molar-refractivity contribution in [2.75, 3.05) is 5.32 Å². The fourth-order valence-corrected chi connectivity index (χ4v) is 2.58. The van der Waals surface area contributed by atoms with Gasteiger partial charge in [-0.25, -0.2) is 4.79 Å². The van der Waals surface area contributed by atoms with E-state index in [4.69, 9.17) is 0 Å². The van der Waals surface area contributed by atoms with E-state index in [9.17, 15) is 24.8 Å². The number of rotatable bonds is 5. The number of hydrogen-bond acceptors (Lipinski definition) is 4. The van der Waals surface area contributed by atoms with Crippen LogP contribution >= 0.6 is 0 Å². The van der Waals surface area contributed by atoms with Crippen molar-refractivity contribution in [3.05, 3.63) is 70.9 Å². The van der Waals surface area contributed by atoms with Gasteiger partial charge in [-0.05, 0) is 24.3 Å². The van der Waals surface area contributed by atoms with E-state index in [0.29, 0.717) is 16.6 Å². The fraction of sp³-hybridized carbons (Fsp3) is 0.0588. The second-order valence-electron chi connectivity index (χ2n) is 5.32. The highest BCUT2D eigenvalue weighted by atomic mass is 16.6. The van der Waals surface area contributed by atoms with Gasteiger partial charge in [0.15, 0.2) is 0 Å². The second kappa shape index (κ2) is 6.44. The van der Waals surface area contributed by atoms with Crippen LogP contribution in [-0.2, 0) is 9.59 Å². The van der Waals surface area contributed by atoms with Gasteiger partial charge in [0.25, 0.3) is 11.6 Å². The van der Waals surface area contributed by atoms with E-state index in [-0.39, 0.29) is 5.69 Å². The summed E-state index contributed by atoms with van der Waals surface area (Å²) in [7, 11) is 0. The molecule has 0 bridgehead atoms. The first kappa shape index (κ1) is 16.2. The van der Waals surface area contributed by atoms with Crippen LogP contribution in [0.2, 0.25) is 0 Å². The topological polar surface area (TPSA) is 114 Å². The van der Waals surface area contributed by atoms with E-state index >= 15 is 0 Å². The molecule has 1 heterocycles. The molecule has 0 aliphatic rings. The van der Waals surface area contributed by atoms with Crippen LogP contribution in [0, 0.1) is 10.1 Å². The van der Waals surface area contributed by atoms with E-state index in [1.807, 2.05) is 0 Å². The summed E-state index contributed by atoms with van der Waals surface area (Å²) in [6.45, 7) is 0. The molecular formula is C17H13N3O5. The Morgan fingerprint density at radius 2 is 1.84 bits per heavy atom. The maximum Gasteiger partial charge on any atom is 0.336 e. The first-order chi connectivity index (χ1) is 12.0. The summed E-state index contributed by atoms with van der Waals surface area (Å²) in [5.74, 6) is -2.04. The number of nitrogens with one attached hydrogen (secondary N) is 1. The van der Waals surface area contributed by atoms with Crippen LogP contribution in [0.5, 0.6) is 0 Å². The van der Waals surface area contributed by atoms with Gasteiger partial charge >= 0.3 is 5.97 Å². The van der Waals surface area contributed by atoms with Crippen LogP contribution in [0.4, 0.5) is 11.4 Å². The van der Waals surface area contributed by atoms with Crippen LogP contribution in [0.25, 0.3) is 10.9 Å². The van der Waals surface area contributed by atoms with Crippen molar-refractivity contribution in [1.29, 1.82) is 0 Å². The number of aromatic nitrogens is 1. The highest BCUT2D eigenvalue weighted by Gasteiger charge is 2.29. The molecule has 3 aromatic rings. The lowest BCUT2D eigenvalue weighted by Crippen LogP contribution is -2.31. The molecule has 0 fully saturated rings. The Kier molecular flexibility index (Phi) is 4.17. The molecule has 2 aromatic carbocycles. The molecule has 1 atom stereocenters. The Balaban J connectivity index is 1.98. The first-order valence-electron chi connectivity index (χ1n) is 7.31. The first-order valence-corrected chi connectivity index (χ1v) is 7.31. The number of anilines is 1. The van der Waals surface area contributed by atoms with E-state index < -0.39 is 22.8 Å². The minimum Gasteiger partial charge on any atom is -0.479 e. The zero-order valence-corrected chi connectivity index (χ0v) is 12.8. The molecule has 1 aromatic heterocycles. The number of hydrogen-bond donors (Lipinski definition) is 2. The van der Waals surface area contributed by atoms with Crippen LogP contribution in [-0.4, -0.2) is 26.5 Å². The smallest absolute Gasteiger partial charge is 0.336 e. The maximum absolute atomic E-state index is 12.5. The lowest BCUT2D eigenvalue weighted by molar-refractivity contribution is -0.384. The van der Waals surface area contributed by atoms with Crippen LogP contribution < -0.4 is 5.32 Å². The van der Waals surface area contributed by atoms with E-state index in [2.05, 4.69) is 5.32 Å². The summed E-state index contributed by atoms with van der Waals surface area (Å²) in [6.07, 6.45) is 1.43. The minimum atomic E-state index is -1.50. The third-order valence-corrected chi connectivity index (χ3v) is 3.72. The van der Waals surface area contributed by atoms with Crippen molar-refractivity contribution in [3.63, 3.8) is 0 Å². The summed E-state index contributed by atoms with van der Waals surface area (Å²) in [4.78, 5) is 34.4. The van der Waals surface area contributed by atoms with Gasteiger partial charge in [-0.3, -0.25) is 14.9 Å². The van der Waals surface area contributed by atoms with Crippen molar-refractivity contribution in [3.8, 4) is 0 Å². The van der Waals surface area contributed by atoms with Gasteiger partial charge in [-0.1, -0.05) is 18.2 Å². The summed E-state index contributed by atoms with van der Waals surface area (Å²) in [5.41, 5.74) is 0.790. The number of aliphatic carboxylic acids is 1. The predicted molar refractivity (Wildman–Crippen MR) is 90.3 cm³/mol. The average Bonchev–Trinajstić information content (AvgIpc) is 2.98. The SMILES string of the molecule is O=C(O)C(C(=O)Nc1ccccc1)n1ccc2cc([N+](=O)[O-])ccc21. The number of benzene rings is 2. The highest BCUT2D eigenvalue weighted by Crippen LogP contribution is 2.25. The van der Waals surface area contributed by atoms with Crippen LogP contribution in [0.1, 0.15) is 6.04 Å². The number of nitrogens with zero attached hydrogens (tertiary/aromatic N) is 2. The zero-order chi connectivity index (χ0) is 18.0. The molecule has 2 N–H and O–H groups in total. The van der Waals surface area contributed by atoms with Gasteiger partial charge in [0, 0.05) is 34.9 Å². The molecule has 0 aliphatic carbocycles. The van der Waals surface area contributed by atoms with Gasteiger partial charge in [-0.15, -0.1) is 0 Å². The largest absolute Gasteiger partial charge is 0.479 e. The number of amides is 1. The summed E-state index contributed by atoms with van der Waals surface area (Å²) < 4.78 is 1.28. The lowest BCUT2D eigenvalue weighted by Gasteiger charge is -2.16. The number of carbonyl (C=O) groups excluding carboxylic acids is 1. The molecule has 0 aliphatic heterocycles. The number of carboxylic acids is 1. The number of carbonyl (C=O) groups is 2. The standard InChI is InChI=1S/C17H13N3O5/c21-16(18-12-4-2-1-3-5-12)15(17(22)23)19-9-8-11-10-13(20(24)25)6-7-14(11)19/h1-10,15H,(H,18,21)(H,22,23).